The van der Waals surface area contributed by atoms with Gasteiger partial charge < -0.3 is 14.6 Å². The molecule has 8 heteroatoms. The van der Waals surface area contributed by atoms with E-state index < -0.39 is 5.76 Å². The largest absolute Gasteiger partial charge is 0.419 e. The predicted molar refractivity (Wildman–Crippen MR) is 97.5 cm³/mol. The third-order valence-electron chi connectivity index (χ3n) is 4.25. The minimum atomic E-state index is -0.549. The van der Waals surface area contributed by atoms with Crippen LogP contribution in [-0.4, -0.2) is 22.9 Å². The van der Waals surface area contributed by atoms with Crippen molar-refractivity contribution in [1.29, 1.82) is 0 Å². The van der Waals surface area contributed by atoms with Gasteiger partial charge in [-0.3, -0.25) is 14.2 Å². The maximum absolute atomic E-state index is 12.7. The number of hydrogen-bond acceptors (Lipinski definition) is 4. The molecule has 0 aliphatic carbocycles. The normalized spacial score (nSPS) is 13.6. The van der Waals surface area contributed by atoms with E-state index in [0.717, 1.165) is 0 Å². The van der Waals surface area contributed by atoms with Crippen molar-refractivity contribution in [3.8, 4) is 0 Å². The quantitative estimate of drug-likeness (QED) is 0.767. The van der Waals surface area contributed by atoms with E-state index in [1.165, 1.54) is 9.47 Å². The molecule has 132 valence electrons. The van der Waals surface area contributed by atoms with E-state index in [9.17, 15) is 14.4 Å². The van der Waals surface area contributed by atoms with Gasteiger partial charge in [-0.1, -0.05) is 23.7 Å². The topological polar surface area (TPSA) is 84.6 Å². The number of carbonyl (C=O) groups is 2. The molecule has 2 amide bonds. The van der Waals surface area contributed by atoms with Crippen molar-refractivity contribution in [3.05, 3.63) is 58.0 Å². The number of nitrogens with one attached hydrogen (secondary N) is 1. The first-order chi connectivity index (χ1) is 12.5. The molecule has 2 aromatic carbocycles. The summed E-state index contributed by atoms with van der Waals surface area (Å²) in [6.07, 6.45) is 0.0543. The average molecular weight is 372 g/mol. The Labute approximate surface area is 152 Å². The van der Waals surface area contributed by atoms with E-state index in [4.69, 9.17) is 16.0 Å². The Morgan fingerprint density at radius 1 is 1.19 bits per heavy atom. The number of amides is 2. The first kappa shape index (κ1) is 16.4. The molecule has 1 aliphatic rings. The number of carbonyl (C=O) groups excluding carboxylic acids is 2. The first-order valence-electron chi connectivity index (χ1n) is 8.01. The summed E-state index contributed by atoms with van der Waals surface area (Å²) in [5.41, 5.74) is 2.19. The Hall–Kier alpha value is -3.06. The number of oxazole rings is 1. The zero-order valence-electron chi connectivity index (χ0n) is 13.6. The summed E-state index contributed by atoms with van der Waals surface area (Å²) in [4.78, 5) is 38.0. The molecule has 0 bridgehead atoms. The van der Waals surface area contributed by atoms with Gasteiger partial charge >= 0.3 is 5.76 Å². The molecule has 1 aromatic heterocycles. The van der Waals surface area contributed by atoms with Gasteiger partial charge in [-0.2, -0.15) is 0 Å². The van der Waals surface area contributed by atoms with Gasteiger partial charge in [0.2, 0.25) is 11.8 Å². The van der Waals surface area contributed by atoms with Gasteiger partial charge in [-0.25, -0.2) is 4.79 Å². The van der Waals surface area contributed by atoms with Crippen LogP contribution in [0.15, 0.2) is 51.7 Å². The summed E-state index contributed by atoms with van der Waals surface area (Å²) in [5, 5.41) is 3.20. The molecule has 1 aliphatic heterocycles. The van der Waals surface area contributed by atoms with E-state index in [2.05, 4.69) is 5.32 Å². The highest BCUT2D eigenvalue weighted by molar-refractivity contribution is 6.31. The van der Waals surface area contributed by atoms with Crippen LogP contribution in [0, 0.1) is 0 Å². The van der Waals surface area contributed by atoms with E-state index in [1.807, 2.05) is 0 Å². The van der Waals surface area contributed by atoms with Crippen LogP contribution in [0.25, 0.3) is 11.1 Å². The Morgan fingerprint density at radius 3 is 2.85 bits per heavy atom. The van der Waals surface area contributed by atoms with Crippen LogP contribution in [0.1, 0.15) is 6.42 Å². The second-order valence-corrected chi connectivity index (χ2v) is 6.36. The number of aryl methyl sites for hydroxylation is 1. The Morgan fingerprint density at radius 2 is 2.00 bits per heavy atom. The van der Waals surface area contributed by atoms with Crippen LogP contribution < -0.4 is 16.0 Å². The number of para-hydroxylation sites is 2. The van der Waals surface area contributed by atoms with Crippen LogP contribution >= 0.6 is 11.6 Å². The van der Waals surface area contributed by atoms with Crippen LogP contribution in [0.4, 0.5) is 11.4 Å². The highest BCUT2D eigenvalue weighted by atomic mass is 35.5. The van der Waals surface area contributed by atoms with Gasteiger partial charge in [0.25, 0.3) is 0 Å². The van der Waals surface area contributed by atoms with Crippen LogP contribution in [0.3, 0.4) is 0 Å². The van der Waals surface area contributed by atoms with Gasteiger partial charge in [0.05, 0.1) is 16.9 Å². The van der Waals surface area contributed by atoms with E-state index in [0.29, 0.717) is 27.5 Å². The average Bonchev–Trinajstić information content (AvgIpc) is 2.93. The van der Waals surface area contributed by atoms with E-state index >= 15 is 0 Å². The van der Waals surface area contributed by atoms with Gasteiger partial charge in [0.15, 0.2) is 5.58 Å². The third-order valence-corrected chi connectivity index (χ3v) is 4.49. The maximum atomic E-state index is 12.7. The lowest BCUT2D eigenvalue weighted by molar-refractivity contribution is -0.122. The molecule has 2 heterocycles. The van der Waals surface area contributed by atoms with Crippen molar-refractivity contribution in [2.24, 2.45) is 0 Å². The van der Waals surface area contributed by atoms with Crippen LogP contribution in [0.2, 0.25) is 5.02 Å². The smallest absolute Gasteiger partial charge is 0.408 e. The molecule has 0 saturated carbocycles. The summed E-state index contributed by atoms with van der Waals surface area (Å²) in [7, 11) is 0. The maximum Gasteiger partial charge on any atom is 0.419 e. The summed E-state index contributed by atoms with van der Waals surface area (Å²) in [5.74, 6) is -1.05. The lowest BCUT2D eigenvalue weighted by Gasteiger charge is -2.29. The number of halogens is 1. The number of nitrogens with zero attached hydrogens (tertiary/aromatic N) is 2. The highest BCUT2D eigenvalue weighted by Gasteiger charge is 2.26. The molecular weight excluding hydrogens is 358 g/mol. The van der Waals surface area contributed by atoms with Gasteiger partial charge in [0, 0.05) is 24.1 Å². The molecular formula is C18H14ClN3O4. The standard InChI is InChI=1S/C18H14ClN3O4/c19-11-5-6-14-15(9-11)26-18(25)21(14)8-7-17(24)22-10-16(23)20-12-3-1-2-4-13(12)22/h1-6,9H,7-8,10H2,(H,20,23). The monoisotopic (exact) mass is 371 g/mol. The van der Waals surface area contributed by atoms with Crippen molar-refractivity contribution in [2.75, 3.05) is 16.8 Å². The number of benzene rings is 2. The molecule has 0 fully saturated rings. The molecule has 0 unspecified atom stereocenters. The molecule has 0 saturated heterocycles. The molecule has 4 rings (SSSR count). The lowest BCUT2D eigenvalue weighted by Crippen LogP contribution is -2.42. The zero-order chi connectivity index (χ0) is 18.3. The second-order valence-electron chi connectivity index (χ2n) is 5.93. The molecule has 0 spiro atoms. The van der Waals surface area contributed by atoms with Gasteiger partial charge in [-0.15, -0.1) is 0 Å². The SMILES string of the molecule is O=C1CN(C(=O)CCn2c(=O)oc3cc(Cl)ccc32)c2ccccc2N1. The Kier molecular flexibility index (Phi) is 4.00. The number of fused-ring (bicyclic) bond motifs is 2. The number of hydrogen-bond donors (Lipinski definition) is 1. The molecule has 0 radical (unpaired) electrons. The van der Waals surface area contributed by atoms with Crippen molar-refractivity contribution in [1.82, 2.24) is 4.57 Å². The molecule has 7 nitrogen and oxygen atoms in total. The minimum Gasteiger partial charge on any atom is -0.408 e. The second kappa shape index (κ2) is 6.34. The highest BCUT2D eigenvalue weighted by Crippen LogP contribution is 2.29. The summed E-state index contributed by atoms with van der Waals surface area (Å²) in [6, 6.07) is 12.0. The van der Waals surface area contributed by atoms with Crippen molar-refractivity contribution < 1.29 is 14.0 Å². The minimum absolute atomic E-state index is 0.0491. The number of rotatable bonds is 3. The first-order valence-corrected chi connectivity index (χ1v) is 8.39. The van der Waals surface area contributed by atoms with Crippen molar-refractivity contribution in [2.45, 2.75) is 13.0 Å². The summed E-state index contributed by atoms with van der Waals surface area (Å²) in [6.45, 7) is 0.0963. The van der Waals surface area contributed by atoms with Crippen LogP contribution in [-0.2, 0) is 16.1 Å². The van der Waals surface area contributed by atoms with Gasteiger partial charge in [0.1, 0.15) is 6.54 Å². The molecule has 0 atom stereocenters. The summed E-state index contributed by atoms with van der Waals surface area (Å²) < 4.78 is 6.55. The van der Waals surface area contributed by atoms with Crippen molar-refractivity contribution >= 4 is 45.9 Å². The van der Waals surface area contributed by atoms with Gasteiger partial charge in [-0.05, 0) is 24.3 Å². The zero-order valence-corrected chi connectivity index (χ0v) is 14.3. The van der Waals surface area contributed by atoms with Crippen LogP contribution in [0.5, 0.6) is 0 Å². The fourth-order valence-electron chi connectivity index (χ4n) is 3.05. The molecule has 1 N–H and O–H groups in total. The Bertz CT molecular complexity index is 1090. The third kappa shape index (κ3) is 2.86. The lowest BCUT2D eigenvalue weighted by atomic mass is 10.2. The summed E-state index contributed by atoms with van der Waals surface area (Å²) >= 11 is 5.90. The molecule has 26 heavy (non-hydrogen) atoms. The Balaban J connectivity index is 1.58. The van der Waals surface area contributed by atoms with Crippen molar-refractivity contribution in [3.63, 3.8) is 0 Å². The number of anilines is 2. The molecule has 3 aromatic rings. The van der Waals surface area contributed by atoms with E-state index in [1.54, 1.807) is 42.5 Å². The van der Waals surface area contributed by atoms with E-state index in [-0.39, 0.29) is 31.3 Å². The fraction of sp³-hybridized carbons (Fsp3) is 0.167. The fourth-order valence-corrected chi connectivity index (χ4v) is 3.21. The number of aromatic nitrogens is 1. The predicted octanol–water partition coefficient (Wildman–Crippen LogP) is 2.62.